The lowest BCUT2D eigenvalue weighted by Crippen LogP contribution is -2.41. The van der Waals surface area contributed by atoms with E-state index in [9.17, 15) is 5.11 Å². The Bertz CT molecular complexity index is 1190. The van der Waals surface area contributed by atoms with Crippen LogP contribution in [0.1, 0.15) is 16.7 Å². The third-order valence-electron chi connectivity index (χ3n) is 5.59. The molecule has 0 spiro atoms. The molecule has 1 aliphatic heterocycles. The standard InChI is InChI=1S/C27H22N2O/c30-23-16-17-25-24(18-23)26(28-22-14-8-3-9-15-22)27(29-25,21-12-6-2-7-13-21)19-20-10-4-1-5-11-20/h1-18,29-30H,19H2. The number of fused-ring (bicyclic) bond motifs is 1. The SMILES string of the molecule is Oc1ccc2c(c1)C(=Nc1ccccc1)C(Cc1ccccc1)(c1ccccc1)N2. The van der Waals surface area contributed by atoms with Crippen LogP contribution in [0.2, 0.25) is 0 Å². The van der Waals surface area contributed by atoms with Gasteiger partial charge in [0.25, 0.3) is 0 Å². The van der Waals surface area contributed by atoms with Crippen molar-refractivity contribution in [1.82, 2.24) is 0 Å². The van der Waals surface area contributed by atoms with Crippen LogP contribution < -0.4 is 5.32 Å². The van der Waals surface area contributed by atoms with E-state index in [2.05, 4.69) is 53.8 Å². The van der Waals surface area contributed by atoms with E-state index in [1.54, 1.807) is 12.1 Å². The van der Waals surface area contributed by atoms with Gasteiger partial charge in [0.2, 0.25) is 0 Å². The molecule has 3 nitrogen and oxygen atoms in total. The number of para-hydroxylation sites is 1. The fourth-order valence-corrected chi connectivity index (χ4v) is 4.21. The van der Waals surface area contributed by atoms with Crippen LogP contribution in [-0.2, 0) is 12.0 Å². The number of aromatic hydroxyl groups is 1. The smallest absolute Gasteiger partial charge is 0.116 e. The topological polar surface area (TPSA) is 44.6 Å². The van der Waals surface area contributed by atoms with Gasteiger partial charge in [-0.05, 0) is 41.5 Å². The molecule has 0 bridgehead atoms. The van der Waals surface area contributed by atoms with Gasteiger partial charge >= 0.3 is 0 Å². The summed E-state index contributed by atoms with van der Waals surface area (Å²) in [4.78, 5) is 5.11. The average Bonchev–Trinajstić information content (AvgIpc) is 3.09. The molecule has 0 aromatic heterocycles. The summed E-state index contributed by atoms with van der Waals surface area (Å²) < 4.78 is 0. The Balaban J connectivity index is 1.76. The maximum absolute atomic E-state index is 10.2. The molecule has 0 saturated heterocycles. The highest BCUT2D eigenvalue weighted by Crippen LogP contribution is 2.44. The summed E-state index contributed by atoms with van der Waals surface area (Å²) in [5.41, 5.74) is 5.51. The van der Waals surface area contributed by atoms with Gasteiger partial charge in [-0.1, -0.05) is 78.9 Å². The van der Waals surface area contributed by atoms with Gasteiger partial charge in [-0.15, -0.1) is 0 Å². The molecule has 1 aliphatic rings. The van der Waals surface area contributed by atoms with Gasteiger partial charge in [0.05, 0.1) is 11.4 Å². The predicted octanol–water partition coefficient (Wildman–Crippen LogP) is 6.08. The van der Waals surface area contributed by atoms with Gasteiger partial charge in [0.1, 0.15) is 11.3 Å². The molecule has 0 amide bonds. The van der Waals surface area contributed by atoms with E-state index in [-0.39, 0.29) is 5.75 Å². The third-order valence-corrected chi connectivity index (χ3v) is 5.59. The number of nitrogens with one attached hydrogen (secondary N) is 1. The molecule has 4 aromatic rings. The van der Waals surface area contributed by atoms with E-state index in [0.29, 0.717) is 0 Å². The number of hydrogen-bond acceptors (Lipinski definition) is 3. The Kier molecular flexibility index (Phi) is 4.56. The summed E-state index contributed by atoms with van der Waals surface area (Å²) >= 11 is 0. The van der Waals surface area contributed by atoms with Crippen molar-refractivity contribution in [2.75, 3.05) is 5.32 Å². The van der Waals surface area contributed by atoms with Crippen LogP contribution in [0.15, 0.2) is 114 Å². The first-order valence-electron chi connectivity index (χ1n) is 10.1. The fourth-order valence-electron chi connectivity index (χ4n) is 4.21. The van der Waals surface area contributed by atoms with E-state index in [4.69, 9.17) is 4.99 Å². The molecule has 1 atom stereocenters. The van der Waals surface area contributed by atoms with E-state index in [1.165, 1.54) is 5.56 Å². The predicted molar refractivity (Wildman–Crippen MR) is 123 cm³/mol. The molecule has 1 heterocycles. The van der Waals surface area contributed by atoms with Crippen LogP contribution in [0.5, 0.6) is 5.75 Å². The van der Waals surface area contributed by atoms with Crippen molar-refractivity contribution in [1.29, 1.82) is 0 Å². The second-order valence-electron chi connectivity index (χ2n) is 7.58. The van der Waals surface area contributed by atoms with Crippen molar-refractivity contribution < 1.29 is 5.11 Å². The van der Waals surface area contributed by atoms with Crippen molar-refractivity contribution in [3.63, 3.8) is 0 Å². The van der Waals surface area contributed by atoms with Gasteiger partial charge in [-0.2, -0.15) is 0 Å². The van der Waals surface area contributed by atoms with Crippen molar-refractivity contribution in [2.45, 2.75) is 12.0 Å². The summed E-state index contributed by atoms with van der Waals surface area (Å²) in [5, 5.41) is 14.0. The van der Waals surface area contributed by atoms with Crippen LogP contribution >= 0.6 is 0 Å². The second kappa shape index (κ2) is 7.53. The molecule has 146 valence electrons. The number of hydrogen-bond donors (Lipinski definition) is 2. The summed E-state index contributed by atoms with van der Waals surface area (Å²) in [6.45, 7) is 0. The number of phenols is 1. The van der Waals surface area contributed by atoms with Gasteiger partial charge in [0.15, 0.2) is 0 Å². The minimum Gasteiger partial charge on any atom is -0.508 e. The molecular weight excluding hydrogens is 368 g/mol. The van der Waals surface area contributed by atoms with Crippen molar-refractivity contribution >= 4 is 17.1 Å². The molecule has 3 heteroatoms. The van der Waals surface area contributed by atoms with Crippen molar-refractivity contribution in [3.05, 3.63) is 126 Å². The van der Waals surface area contributed by atoms with E-state index in [0.717, 1.165) is 34.6 Å². The first-order valence-corrected chi connectivity index (χ1v) is 10.1. The quantitative estimate of drug-likeness (QED) is 0.415. The maximum atomic E-state index is 10.2. The molecule has 30 heavy (non-hydrogen) atoms. The zero-order chi connectivity index (χ0) is 20.4. The largest absolute Gasteiger partial charge is 0.508 e. The maximum Gasteiger partial charge on any atom is 0.116 e. The summed E-state index contributed by atoms with van der Waals surface area (Å²) in [6, 6.07) is 36.3. The summed E-state index contributed by atoms with van der Waals surface area (Å²) in [5.74, 6) is 0.236. The normalized spacial score (nSPS) is 18.7. The molecule has 5 rings (SSSR count). The van der Waals surface area contributed by atoms with Gasteiger partial charge in [-0.3, -0.25) is 0 Å². The zero-order valence-electron chi connectivity index (χ0n) is 16.5. The molecule has 2 N–H and O–H groups in total. The minimum atomic E-state index is -0.547. The molecular formula is C27H22N2O. The fraction of sp³-hybridized carbons (Fsp3) is 0.0741. The minimum absolute atomic E-state index is 0.236. The molecule has 1 unspecified atom stereocenters. The molecule has 0 fully saturated rings. The van der Waals surface area contributed by atoms with E-state index in [1.807, 2.05) is 48.5 Å². The first kappa shape index (κ1) is 18.2. The number of benzene rings is 4. The van der Waals surface area contributed by atoms with Gasteiger partial charge < -0.3 is 10.4 Å². The number of nitrogens with zero attached hydrogens (tertiary/aromatic N) is 1. The number of aliphatic imine (C=N–C) groups is 1. The van der Waals surface area contributed by atoms with Gasteiger partial charge in [-0.25, -0.2) is 4.99 Å². The van der Waals surface area contributed by atoms with Crippen molar-refractivity contribution in [3.8, 4) is 5.75 Å². The Hall–Kier alpha value is -3.85. The van der Waals surface area contributed by atoms with Crippen molar-refractivity contribution in [2.24, 2.45) is 4.99 Å². The molecule has 0 saturated carbocycles. The number of anilines is 1. The third kappa shape index (κ3) is 3.25. The molecule has 0 aliphatic carbocycles. The Morgan fingerprint density at radius 2 is 1.37 bits per heavy atom. The van der Waals surface area contributed by atoms with Crippen LogP contribution in [0.4, 0.5) is 11.4 Å². The first-order chi connectivity index (χ1) is 14.7. The summed E-state index contributed by atoms with van der Waals surface area (Å²) in [7, 11) is 0. The van der Waals surface area contributed by atoms with Crippen LogP contribution in [0.3, 0.4) is 0 Å². The second-order valence-corrected chi connectivity index (χ2v) is 7.58. The molecule has 0 radical (unpaired) electrons. The van der Waals surface area contributed by atoms with E-state index >= 15 is 0 Å². The van der Waals surface area contributed by atoms with Crippen LogP contribution in [0, 0.1) is 0 Å². The lowest BCUT2D eigenvalue weighted by Gasteiger charge is -2.32. The highest BCUT2D eigenvalue weighted by atomic mass is 16.3. The highest BCUT2D eigenvalue weighted by Gasteiger charge is 2.45. The Labute approximate surface area is 176 Å². The summed E-state index contributed by atoms with van der Waals surface area (Å²) in [6.07, 6.45) is 0.735. The Morgan fingerprint density at radius 3 is 2.07 bits per heavy atom. The Morgan fingerprint density at radius 1 is 0.733 bits per heavy atom. The highest BCUT2D eigenvalue weighted by molar-refractivity contribution is 6.18. The average molecular weight is 390 g/mol. The zero-order valence-corrected chi connectivity index (χ0v) is 16.5. The lowest BCUT2D eigenvalue weighted by atomic mass is 9.80. The van der Waals surface area contributed by atoms with Crippen LogP contribution in [-0.4, -0.2) is 10.8 Å². The number of phenolic OH excluding ortho intramolecular Hbond substituents is 1. The molecule has 4 aromatic carbocycles. The lowest BCUT2D eigenvalue weighted by molar-refractivity contribution is 0.475. The number of rotatable bonds is 4. The monoisotopic (exact) mass is 390 g/mol. The van der Waals surface area contributed by atoms with Gasteiger partial charge in [0, 0.05) is 17.7 Å². The van der Waals surface area contributed by atoms with Crippen LogP contribution in [0.25, 0.3) is 0 Å². The van der Waals surface area contributed by atoms with E-state index < -0.39 is 5.54 Å².